The van der Waals surface area contributed by atoms with Crippen LogP contribution in [0.15, 0.2) is 57.4 Å². The standard InChI is InChI=1S/C19H16Cl2N6.2ClH/c20-11-6-7-13(14(21)9-11)19(16(22)23)17(26-18(24)27-19)25-15-8-5-10-3-1-2-4-12(10)15;;/h1-4,6-7,9H,5,8H2,(H3,22,23)(H2,24,27);2*1H. The third kappa shape index (κ3) is 3.85. The first-order valence-electron chi connectivity index (χ1n) is 8.32. The summed E-state index contributed by atoms with van der Waals surface area (Å²) in [5, 5.41) is 9.02. The van der Waals surface area contributed by atoms with Gasteiger partial charge in [-0.2, -0.15) is 4.99 Å². The molecule has 29 heavy (non-hydrogen) atoms. The Labute approximate surface area is 190 Å². The van der Waals surface area contributed by atoms with Crippen LogP contribution in [-0.4, -0.2) is 23.3 Å². The van der Waals surface area contributed by atoms with E-state index in [1.165, 1.54) is 5.56 Å². The molecule has 2 aromatic carbocycles. The molecule has 1 aliphatic carbocycles. The first kappa shape index (κ1) is 23.2. The summed E-state index contributed by atoms with van der Waals surface area (Å²) in [7, 11) is 0. The maximum Gasteiger partial charge on any atom is 0.219 e. The molecule has 0 amide bonds. The Morgan fingerprint density at radius 2 is 1.83 bits per heavy atom. The number of rotatable bonds is 2. The molecule has 1 aliphatic heterocycles. The molecule has 1 atom stereocenters. The highest BCUT2D eigenvalue weighted by atomic mass is 35.5. The molecule has 2 aliphatic rings. The van der Waals surface area contributed by atoms with E-state index < -0.39 is 5.54 Å². The Bertz CT molecular complexity index is 1060. The van der Waals surface area contributed by atoms with E-state index in [-0.39, 0.29) is 42.4 Å². The lowest BCUT2D eigenvalue weighted by Gasteiger charge is -2.26. The van der Waals surface area contributed by atoms with Crippen molar-refractivity contribution in [3.05, 3.63) is 69.2 Å². The molecule has 0 bridgehead atoms. The summed E-state index contributed by atoms with van der Waals surface area (Å²) in [6, 6.07) is 13.0. The lowest BCUT2D eigenvalue weighted by atomic mass is 9.88. The van der Waals surface area contributed by atoms with Crippen molar-refractivity contribution in [2.24, 2.45) is 26.4 Å². The normalized spacial score (nSPS) is 21.0. The molecule has 0 saturated carbocycles. The number of aryl methyl sites for hydroxylation is 1. The van der Waals surface area contributed by atoms with Crippen LogP contribution in [0.1, 0.15) is 23.1 Å². The number of guanidine groups is 1. The highest BCUT2D eigenvalue weighted by molar-refractivity contribution is 6.36. The quantitative estimate of drug-likeness (QED) is 0.451. The number of nitrogens with one attached hydrogen (secondary N) is 1. The van der Waals surface area contributed by atoms with Gasteiger partial charge in [0, 0.05) is 15.6 Å². The zero-order chi connectivity index (χ0) is 19.2. The van der Waals surface area contributed by atoms with Gasteiger partial charge < -0.3 is 11.5 Å². The summed E-state index contributed by atoms with van der Waals surface area (Å²) in [5.74, 6) is -0.0215. The predicted molar refractivity (Wildman–Crippen MR) is 125 cm³/mol. The topological polar surface area (TPSA) is 113 Å². The summed E-state index contributed by atoms with van der Waals surface area (Å²) in [4.78, 5) is 13.4. The van der Waals surface area contributed by atoms with Crippen LogP contribution in [0.2, 0.25) is 10.0 Å². The second kappa shape index (κ2) is 8.71. The third-order valence-electron chi connectivity index (χ3n) is 4.74. The van der Waals surface area contributed by atoms with Crippen molar-refractivity contribution in [2.45, 2.75) is 18.4 Å². The number of aliphatic imine (C=N–C) groups is 3. The lowest BCUT2D eigenvalue weighted by Crippen LogP contribution is -2.44. The molecule has 0 fully saturated rings. The molecule has 5 N–H and O–H groups in total. The molecule has 4 rings (SSSR count). The number of fused-ring (bicyclic) bond motifs is 1. The van der Waals surface area contributed by atoms with E-state index in [2.05, 4.69) is 16.1 Å². The Morgan fingerprint density at radius 3 is 2.52 bits per heavy atom. The summed E-state index contributed by atoms with van der Waals surface area (Å²) in [5.41, 5.74) is 14.0. The Balaban J connectivity index is 0.00000150. The fraction of sp³-hybridized carbons (Fsp3) is 0.158. The van der Waals surface area contributed by atoms with E-state index in [9.17, 15) is 0 Å². The molecule has 1 unspecified atom stereocenters. The largest absolute Gasteiger partial charge is 0.385 e. The van der Waals surface area contributed by atoms with Crippen LogP contribution in [-0.2, 0) is 12.0 Å². The van der Waals surface area contributed by atoms with E-state index in [0.717, 1.165) is 24.1 Å². The minimum atomic E-state index is -1.46. The van der Waals surface area contributed by atoms with Crippen LogP contribution in [0.4, 0.5) is 0 Å². The van der Waals surface area contributed by atoms with Crippen LogP contribution in [0.5, 0.6) is 0 Å². The zero-order valence-corrected chi connectivity index (χ0v) is 18.2. The van der Waals surface area contributed by atoms with E-state index in [1.54, 1.807) is 18.2 Å². The number of benzene rings is 2. The van der Waals surface area contributed by atoms with Crippen molar-refractivity contribution in [3.8, 4) is 0 Å². The van der Waals surface area contributed by atoms with Gasteiger partial charge in [-0.05, 0) is 36.1 Å². The van der Waals surface area contributed by atoms with E-state index in [1.807, 2.05) is 18.2 Å². The second-order valence-corrected chi connectivity index (χ2v) is 7.21. The lowest BCUT2D eigenvalue weighted by molar-refractivity contribution is 0.805. The molecule has 0 spiro atoms. The van der Waals surface area contributed by atoms with Gasteiger partial charge in [-0.3, -0.25) is 5.41 Å². The molecule has 2 aromatic rings. The van der Waals surface area contributed by atoms with Crippen molar-refractivity contribution in [1.82, 2.24) is 0 Å². The van der Waals surface area contributed by atoms with Gasteiger partial charge in [0.15, 0.2) is 5.84 Å². The van der Waals surface area contributed by atoms with Gasteiger partial charge in [0.2, 0.25) is 11.5 Å². The summed E-state index contributed by atoms with van der Waals surface area (Å²) < 4.78 is 0. The molecular weight excluding hydrogens is 454 g/mol. The highest BCUT2D eigenvalue weighted by Gasteiger charge is 2.47. The number of halogens is 4. The number of amidine groups is 2. The van der Waals surface area contributed by atoms with Crippen molar-refractivity contribution in [1.29, 1.82) is 5.41 Å². The van der Waals surface area contributed by atoms with Crippen molar-refractivity contribution < 1.29 is 0 Å². The number of nitrogens with zero attached hydrogens (tertiary/aromatic N) is 3. The molecular formula is C19H18Cl4N6. The van der Waals surface area contributed by atoms with Crippen molar-refractivity contribution in [3.63, 3.8) is 0 Å². The average molecular weight is 472 g/mol. The molecule has 0 aromatic heterocycles. The molecule has 6 nitrogen and oxygen atoms in total. The van der Waals surface area contributed by atoms with E-state index in [0.29, 0.717) is 15.6 Å². The van der Waals surface area contributed by atoms with Gasteiger partial charge in [0.1, 0.15) is 5.84 Å². The number of hydrogen-bond acceptors (Lipinski definition) is 5. The molecule has 152 valence electrons. The highest BCUT2D eigenvalue weighted by Crippen LogP contribution is 2.38. The first-order valence-corrected chi connectivity index (χ1v) is 9.08. The number of hydrogen-bond donors (Lipinski definition) is 3. The Morgan fingerprint density at radius 1 is 1.10 bits per heavy atom. The summed E-state index contributed by atoms with van der Waals surface area (Å²) in [6.07, 6.45) is 1.66. The maximum absolute atomic E-state index is 8.24. The van der Waals surface area contributed by atoms with Gasteiger partial charge in [-0.1, -0.05) is 53.5 Å². The monoisotopic (exact) mass is 470 g/mol. The minimum Gasteiger partial charge on any atom is -0.385 e. The molecule has 0 radical (unpaired) electrons. The summed E-state index contributed by atoms with van der Waals surface area (Å²) >= 11 is 12.4. The summed E-state index contributed by atoms with van der Waals surface area (Å²) in [6.45, 7) is 0. The van der Waals surface area contributed by atoms with Crippen molar-refractivity contribution in [2.75, 3.05) is 0 Å². The Kier molecular flexibility index (Phi) is 6.96. The molecule has 10 heteroatoms. The SMILES string of the molecule is Cl.Cl.N=C(N)C1(c2ccc(Cl)cc2Cl)N=C(N)N=C1N=C1CCc2ccccc21. The Hall–Kier alpha value is -2.12. The fourth-order valence-electron chi connectivity index (χ4n) is 3.48. The van der Waals surface area contributed by atoms with Gasteiger partial charge >= 0.3 is 0 Å². The zero-order valence-electron chi connectivity index (χ0n) is 15.0. The van der Waals surface area contributed by atoms with Gasteiger partial charge in [-0.25, -0.2) is 9.98 Å². The second-order valence-electron chi connectivity index (χ2n) is 6.37. The third-order valence-corrected chi connectivity index (χ3v) is 5.29. The van der Waals surface area contributed by atoms with Gasteiger partial charge in [0.05, 0.1) is 5.71 Å². The first-order chi connectivity index (χ1) is 12.9. The minimum absolute atomic E-state index is 0. The van der Waals surface area contributed by atoms with Crippen LogP contribution in [0.25, 0.3) is 0 Å². The van der Waals surface area contributed by atoms with Crippen molar-refractivity contribution >= 4 is 71.4 Å². The average Bonchev–Trinajstić information content (AvgIpc) is 3.17. The van der Waals surface area contributed by atoms with Crippen LogP contribution in [0, 0.1) is 5.41 Å². The maximum atomic E-state index is 8.24. The molecule has 0 saturated heterocycles. The fourth-order valence-corrected chi connectivity index (χ4v) is 4.03. The van der Waals surface area contributed by atoms with E-state index >= 15 is 0 Å². The van der Waals surface area contributed by atoms with Crippen LogP contribution < -0.4 is 11.5 Å². The van der Waals surface area contributed by atoms with Crippen LogP contribution in [0.3, 0.4) is 0 Å². The smallest absolute Gasteiger partial charge is 0.219 e. The van der Waals surface area contributed by atoms with Crippen LogP contribution >= 0.6 is 48.0 Å². The van der Waals surface area contributed by atoms with Gasteiger partial charge in [0.25, 0.3) is 0 Å². The predicted octanol–water partition coefficient (Wildman–Crippen LogP) is 4.13. The molecule has 1 heterocycles. The van der Waals surface area contributed by atoms with E-state index in [4.69, 9.17) is 45.1 Å². The number of nitrogens with two attached hydrogens (primary N) is 2. The van der Waals surface area contributed by atoms with Gasteiger partial charge in [-0.15, -0.1) is 24.8 Å².